The van der Waals surface area contributed by atoms with Crippen LogP contribution in [0.15, 0.2) is 76.4 Å². The molecule has 0 spiro atoms. The van der Waals surface area contributed by atoms with Crippen molar-refractivity contribution in [3.05, 3.63) is 82.0 Å². The molecule has 0 fully saturated rings. The van der Waals surface area contributed by atoms with Gasteiger partial charge in [0.2, 0.25) is 5.91 Å². The number of ether oxygens (including phenoxy) is 1. The van der Waals surface area contributed by atoms with E-state index in [1.807, 2.05) is 20.8 Å². The first-order chi connectivity index (χ1) is 17.2. The second-order valence-electron chi connectivity index (χ2n) is 8.09. The van der Waals surface area contributed by atoms with Gasteiger partial charge in [-0.1, -0.05) is 29.0 Å². The van der Waals surface area contributed by atoms with Gasteiger partial charge in [0, 0.05) is 12.2 Å². The number of carbonyl (C=O) groups is 1. The number of sulfonamides is 1. The Morgan fingerprint density at radius 3 is 2.36 bits per heavy atom. The van der Waals surface area contributed by atoms with E-state index in [4.69, 9.17) is 4.74 Å². The summed E-state index contributed by atoms with van der Waals surface area (Å²) in [5, 5.41) is 2.77. The first-order valence-electron chi connectivity index (χ1n) is 11.5. The Hall–Kier alpha value is -3.63. The average molecular weight is 526 g/mol. The molecule has 0 unspecified atom stereocenters. The fourth-order valence-electron chi connectivity index (χ4n) is 3.80. The third kappa shape index (κ3) is 5.29. The molecule has 3 aromatic carbocycles. The minimum absolute atomic E-state index is 0.0476. The lowest BCUT2D eigenvalue weighted by molar-refractivity contribution is -0.114. The highest BCUT2D eigenvalue weighted by atomic mass is 32.2. The van der Waals surface area contributed by atoms with Crippen LogP contribution < -0.4 is 19.2 Å². The first kappa shape index (κ1) is 25.5. The van der Waals surface area contributed by atoms with E-state index in [0.717, 1.165) is 31.4 Å². The summed E-state index contributed by atoms with van der Waals surface area (Å²) in [6, 6.07) is 18.3. The Labute approximate surface area is 213 Å². The molecule has 1 heterocycles. The van der Waals surface area contributed by atoms with E-state index < -0.39 is 22.5 Å². The Morgan fingerprint density at radius 2 is 1.72 bits per heavy atom. The lowest BCUT2D eigenvalue weighted by Gasteiger charge is -2.24. The fourth-order valence-corrected chi connectivity index (χ4v) is 6.22. The Morgan fingerprint density at radius 1 is 1.03 bits per heavy atom. The number of benzene rings is 3. The second-order valence-corrected chi connectivity index (χ2v) is 11.0. The third-order valence-electron chi connectivity index (χ3n) is 5.60. The molecule has 0 saturated heterocycles. The zero-order chi connectivity index (χ0) is 25.9. The quantitative estimate of drug-likeness (QED) is 0.344. The number of nitrogens with zero attached hydrogens (tertiary/aromatic N) is 2. The summed E-state index contributed by atoms with van der Waals surface area (Å²) < 4.78 is 36.1. The van der Waals surface area contributed by atoms with Crippen molar-refractivity contribution >= 4 is 48.9 Å². The molecule has 0 aliphatic rings. The molecule has 10 heteroatoms. The maximum atomic E-state index is 13.6. The molecule has 1 aromatic heterocycles. The van der Waals surface area contributed by atoms with E-state index in [-0.39, 0.29) is 9.77 Å². The molecule has 0 atom stereocenters. The number of fused-ring (bicyclic) bond motifs is 1. The van der Waals surface area contributed by atoms with Crippen LogP contribution in [0.25, 0.3) is 10.2 Å². The van der Waals surface area contributed by atoms with Crippen molar-refractivity contribution in [1.29, 1.82) is 0 Å². The van der Waals surface area contributed by atoms with Gasteiger partial charge in [0.05, 0.1) is 27.4 Å². The number of anilines is 2. The standard InChI is InChI=1S/C26H27N3O5S2/c1-4-28-23-15-8-19(16-24(23)35-26(28)31)27-25(30)17-29(20-9-6-18(3)7-10-20)36(32,33)22-13-11-21(12-14-22)34-5-2/h6-16H,4-5,17H2,1-3H3,(H,27,30). The molecule has 0 bridgehead atoms. The smallest absolute Gasteiger partial charge is 0.308 e. The number of thiazole rings is 1. The van der Waals surface area contributed by atoms with Gasteiger partial charge in [0.25, 0.3) is 10.0 Å². The van der Waals surface area contributed by atoms with Gasteiger partial charge in [-0.05, 0) is 75.4 Å². The van der Waals surface area contributed by atoms with Crippen molar-refractivity contribution in [3.8, 4) is 5.75 Å². The van der Waals surface area contributed by atoms with Crippen LogP contribution in [-0.4, -0.2) is 32.0 Å². The number of amides is 1. The van der Waals surface area contributed by atoms with Gasteiger partial charge < -0.3 is 10.1 Å². The fraction of sp³-hybridized carbons (Fsp3) is 0.231. The minimum atomic E-state index is -4.05. The van der Waals surface area contributed by atoms with Crippen LogP contribution in [0.3, 0.4) is 0 Å². The average Bonchev–Trinajstić information content (AvgIpc) is 3.17. The van der Waals surface area contributed by atoms with Gasteiger partial charge in [0.1, 0.15) is 12.3 Å². The van der Waals surface area contributed by atoms with E-state index in [2.05, 4.69) is 5.32 Å². The predicted molar refractivity (Wildman–Crippen MR) is 144 cm³/mol. The molecule has 0 saturated carbocycles. The molecule has 36 heavy (non-hydrogen) atoms. The summed E-state index contributed by atoms with van der Waals surface area (Å²) in [6.45, 7) is 6.24. The molecule has 8 nitrogen and oxygen atoms in total. The maximum absolute atomic E-state index is 13.6. The first-order valence-corrected chi connectivity index (χ1v) is 13.7. The van der Waals surface area contributed by atoms with Gasteiger partial charge in [-0.15, -0.1) is 0 Å². The monoisotopic (exact) mass is 525 g/mol. The number of aromatic nitrogens is 1. The van der Waals surface area contributed by atoms with Crippen LogP contribution in [-0.2, 0) is 21.4 Å². The summed E-state index contributed by atoms with van der Waals surface area (Å²) in [6.07, 6.45) is 0. The van der Waals surface area contributed by atoms with E-state index in [0.29, 0.717) is 30.3 Å². The zero-order valence-corrected chi connectivity index (χ0v) is 21.9. The molecule has 0 radical (unpaired) electrons. The highest BCUT2D eigenvalue weighted by Crippen LogP contribution is 2.26. The Balaban J connectivity index is 1.62. The van der Waals surface area contributed by atoms with Crippen LogP contribution in [0.4, 0.5) is 11.4 Å². The second kappa shape index (κ2) is 10.5. The lowest BCUT2D eigenvalue weighted by atomic mass is 10.2. The predicted octanol–water partition coefficient (Wildman–Crippen LogP) is 4.62. The van der Waals surface area contributed by atoms with Crippen LogP contribution in [0.2, 0.25) is 0 Å². The highest BCUT2D eigenvalue weighted by molar-refractivity contribution is 7.92. The largest absolute Gasteiger partial charge is 0.494 e. The molecule has 188 valence electrons. The number of hydrogen-bond acceptors (Lipinski definition) is 6. The molecular formula is C26H27N3O5S2. The molecule has 0 aliphatic carbocycles. The van der Waals surface area contributed by atoms with E-state index in [9.17, 15) is 18.0 Å². The van der Waals surface area contributed by atoms with Crippen molar-refractivity contribution in [1.82, 2.24) is 4.57 Å². The van der Waals surface area contributed by atoms with Crippen LogP contribution in [0.1, 0.15) is 19.4 Å². The van der Waals surface area contributed by atoms with Gasteiger partial charge >= 0.3 is 4.87 Å². The Bertz CT molecular complexity index is 1540. The van der Waals surface area contributed by atoms with Crippen molar-refractivity contribution in [2.45, 2.75) is 32.2 Å². The topological polar surface area (TPSA) is 97.7 Å². The number of carbonyl (C=O) groups excluding carboxylic acids is 1. The highest BCUT2D eigenvalue weighted by Gasteiger charge is 2.27. The normalized spacial score (nSPS) is 11.4. The van der Waals surface area contributed by atoms with E-state index in [1.165, 1.54) is 12.1 Å². The van der Waals surface area contributed by atoms with Crippen molar-refractivity contribution in [3.63, 3.8) is 0 Å². The Kier molecular flexibility index (Phi) is 7.46. The minimum Gasteiger partial charge on any atom is -0.494 e. The maximum Gasteiger partial charge on any atom is 0.308 e. The van der Waals surface area contributed by atoms with Crippen LogP contribution in [0, 0.1) is 6.92 Å². The summed E-state index contributed by atoms with van der Waals surface area (Å²) in [5.41, 5.74) is 2.62. The van der Waals surface area contributed by atoms with E-state index >= 15 is 0 Å². The molecule has 0 aliphatic heterocycles. The summed E-state index contributed by atoms with van der Waals surface area (Å²) >= 11 is 1.10. The molecule has 4 aromatic rings. The van der Waals surface area contributed by atoms with Gasteiger partial charge in [-0.2, -0.15) is 0 Å². The SMILES string of the molecule is CCOc1ccc(S(=O)(=O)N(CC(=O)Nc2ccc3c(c2)sc(=O)n3CC)c2ccc(C)cc2)cc1. The molecule has 1 N–H and O–H groups in total. The van der Waals surface area contributed by atoms with Gasteiger partial charge in [0.15, 0.2) is 0 Å². The summed E-state index contributed by atoms with van der Waals surface area (Å²) in [4.78, 5) is 25.2. The third-order valence-corrected chi connectivity index (χ3v) is 8.33. The summed E-state index contributed by atoms with van der Waals surface area (Å²) in [5.74, 6) is 0.0531. The molecule has 1 amide bonds. The van der Waals surface area contributed by atoms with Crippen LogP contribution in [0.5, 0.6) is 5.75 Å². The zero-order valence-electron chi connectivity index (χ0n) is 20.2. The molecule has 4 rings (SSSR count). The number of nitrogens with one attached hydrogen (secondary N) is 1. The van der Waals surface area contributed by atoms with Crippen molar-refractivity contribution in [2.24, 2.45) is 0 Å². The lowest BCUT2D eigenvalue weighted by Crippen LogP contribution is -2.38. The van der Waals surface area contributed by atoms with E-state index in [1.54, 1.807) is 59.2 Å². The van der Waals surface area contributed by atoms with Gasteiger partial charge in [-0.3, -0.25) is 18.5 Å². The van der Waals surface area contributed by atoms with Crippen molar-refractivity contribution < 1.29 is 17.9 Å². The van der Waals surface area contributed by atoms with Gasteiger partial charge in [-0.25, -0.2) is 8.42 Å². The number of rotatable bonds is 9. The number of hydrogen-bond donors (Lipinski definition) is 1. The van der Waals surface area contributed by atoms with Crippen molar-refractivity contribution in [2.75, 3.05) is 22.8 Å². The van der Waals surface area contributed by atoms with Crippen LogP contribution >= 0.6 is 11.3 Å². The number of aryl methyl sites for hydroxylation is 2. The summed E-state index contributed by atoms with van der Waals surface area (Å²) in [7, 11) is -4.05. The molecular weight excluding hydrogens is 498 g/mol.